The van der Waals surface area contributed by atoms with E-state index in [1.165, 1.54) is 4.90 Å². The molecule has 1 saturated heterocycles. The predicted molar refractivity (Wildman–Crippen MR) is 69.1 cm³/mol. The normalized spacial score (nSPS) is 17.8. The number of carboxylic acids is 1. The van der Waals surface area contributed by atoms with E-state index in [1.807, 2.05) is 0 Å². The van der Waals surface area contributed by atoms with Crippen molar-refractivity contribution in [2.75, 3.05) is 13.2 Å². The number of hydrogen-bond acceptors (Lipinski definition) is 4. The van der Waals surface area contributed by atoms with Gasteiger partial charge in [0, 0.05) is 6.54 Å². The number of aliphatic carboxylic acids is 1. The number of hydrogen-bond donors (Lipinski definition) is 1. The zero-order valence-corrected chi connectivity index (χ0v) is 10.8. The van der Waals surface area contributed by atoms with E-state index in [4.69, 9.17) is 9.84 Å². The topological polar surface area (TPSA) is 83.9 Å². The highest BCUT2D eigenvalue weighted by Crippen LogP contribution is 2.17. The number of carbonyl (C=O) groups is 3. The van der Waals surface area contributed by atoms with Gasteiger partial charge in [-0.3, -0.25) is 4.79 Å². The van der Waals surface area contributed by atoms with Gasteiger partial charge in [-0.1, -0.05) is 18.2 Å². The summed E-state index contributed by atoms with van der Waals surface area (Å²) in [6.45, 7) is -0.0454. The maximum Gasteiger partial charge on any atom is 0.338 e. The van der Waals surface area contributed by atoms with Crippen molar-refractivity contribution in [1.29, 1.82) is 0 Å². The summed E-state index contributed by atoms with van der Waals surface area (Å²) in [4.78, 5) is 35.8. The van der Waals surface area contributed by atoms with Crippen LogP contribution in [0.2, 0.25) is 0 Å². The molecule has 1 fully saturated rings. The van der Waals surface area contributed by atoms with Gasteiger partial charge in [-0.2, -0.15) is 0 Å². The SMILES string of the molecule is O=C(OCC(=O)N1CCCC1C(=O)O)c1ccccc1. The molecule has 1 heterocycles. The van der Waals surface area contributed by atoms with E-state index in [0.717, 1.165) is 0 Å². The molecule has 20 heavy (non-hydrogen) atoms. The van der Waals surface area contributed by atoms with Crippen LogP contribution in [-0.4, -0.2) is 47.0 Å². The number of likely N-dealkylation sites (tertiary alicyclic amines) is 1. The van der Waals surface area contributed by atoms with Crippen LogP contribution in [0.3, 0.4) is 0 Å². The Morgan fingerprint density at radius 3 is 2.60 bits per heavy atom. The molecule has 0 saturated carbocycles. The lowest BCUT2D eigenvalue weighted by atomic mass is 10.2. The first-order chi connectivity index (χ1) is 9.59. The molecule has 6 nitrogen and oxygen atoms in total. The second-order valence-electron chi connectivity index (χ2n) is 4.53. The third-order valence-electron chi connectivity index (χ3n) is 3.19. The van der Waals surface area contributed by atoms with E-state index >= 15 is 0 Å². The van der Waals surface area contributed by atoms with Crippen LogP contribution in [0.4, 0.5) is 0 Å². The van der Waals surface area contributed by atoms with Gasteiger partial charge in [-0.15, -0.1) is 0 Å². The van der Waals surface area contributed by atoms with E-state index in [-0.39, 0.29) is 0 Å². The number of benzene rings is 1. The zero-order valence-electron chi connectivity index (χ0n) is 10.8. The molecule has 1 aromatic carbocycles. The fourth-order valence-corrected chi connectivity index (χ4v) is 2.19. The third-order valence-corrected chi connectivity index (χ3v) is 3.19. The summed E-state index contributed by atoms with van der Waals surface area (Å²) in [6.07, 6.45) is 1.09. The van der Waals surface area contributed by atoms with Crippen LogP contribution in [0, 0.1) is 0 Å². The third kappa shape index (κ3) is 3.14. The monoisotopic (exact) mass is 277 g/mol. The Morgan fingerprint density at radius 1 is 1.25 bits per heavy atom. The molecule has 0 spiro atoms. The Morgan fingerprint density at radius 2 is 1.95 bits per heavy atom. The molecule has 1 aliphatic rings. The van der Waals surface area contributed by atoms with Crippen LogP contribution in [0.1, 0.15) is 23.2 Å². The molecule has 1 N–H and O–H groups in total. The van der Waals surface area contributed by atoms with Gasteiger partial charge in [0.1, 0.15) is 6.04 Å². The zero-order chi connectivity index (χ0) is 14.5. The fraction of sp³-hybridized carbons (Fsp3) is 0.357. The van der Waals surface area contributed by atoms with E-state index in [2.05, 4.69) is 0 Å². The molecule has 0 aromatic heterocycles. The highest BCUT2D eigenvalue weighted by Gasteiger charge is 2.34. The van der Waals surface area contributed by atoms with Crippen molar-refractivity contribution in [2.24, 2.45) is 0 Å². The lowest BCUT2D eigenvalue weighted by molar-refractivity contribution is -0.149. The first-order valence-corrected chi connectivity index (χ1v) is 6.34. The van der Waals surface area contributed by atoms with Gasteiger partial charge in [0.05, 0.1) is 5.56 Å². The minimum absolute atomic E-state index is 0.358. The Labute approximate surface area is 115 Å². The smallest absolute Gasteiger partial charge is 0.338 e. The van der Waals surface area contributed by atoms with Gasteiger partial charge in [0.15, 0.2) is 6.61 Å². The van der Waals surface area contributed by atoms with Crippen molar-refractivity contribution in [3.8, 4) is 0 Å². The largest absolute Gasteiger partial charge is 0.480 e. The molecule has 0 aliphatic carbocycles. The Hall–Kier alpha value is -2.37. The number of nitrogens with zero attached hydrogens (tertiary/aromatic N) is 1. The van der Waals surface area contributed by atoms with E-state index < -0.39 is 30.5 Å². The Bertz CT molecular complexity index is 514. The summed E-state index contributed by atoms with van der Waals surface area (Å²) in [7, 11) is 0. The number of amides is 1. The molecular formula is C14H15NO5. The highest BCUT2D eigenvalue weighted by atomic mass is 16.5. The van der Waals surface area contributed by atoms with Crippen LogP contribution in [0.5, 0.6) is 0 Å². The van der Waals surface area contributed by atoms with Crippen LogP contribution < -0.4 is 0 Å². The molecule has 1 amide bonds. The van der Waals surface area contributed by atoms with E-state index in [1.54, 1.807) is 30.3 Å². The lowest BCUT2D eigenvalue weighted by Gasteiger charge is -2.21. The molecule has 1 unspecified atom stereocenters. The van der Waals surface area contributed by atoms with Gasteiger partial charge in [-0.25, -0.2) is 9.59 Å². The van der Waals surface area contributed by atoms with Crippen molar-refractivity contribution in [1.82, 2.24) is 4.90 Å². The van der Waals surface area contributed by atoms with Crippen LogP contribution in [0.25, 0.3) is 0 Å². The average Bonchev–Trinajstić information content (AvgIpc) is 2.95. The number of ether oxygens (including phenoxy) is 1. The molecule has 2 rings (SSSR count). The fourth-order valence-electron chi connectivity index (χ4n) is 2.19. The Balaban J connectivity index is 1.89. The quantitative estimate of drug-likeness (QED) is 0.827. The molecule has 6 heteroatoms. The van der Waals surface area contributed by atoms with Crippen molar-refractivity contribution in [2.45, 2.75) is 18.9 Å². The molecule has 106 valence electrons. The summed E-state index contributed by atoms with van der Waals surface area (Å²) in [5.41, 5.74) is 0.358. The second-order valence-corrected chi connectivity index (χ2v) is 4.53. The maximum absolute atomic E-state index is 11.9. The van der Waals surface area contributed by atoms with Crippen molar-refractivity contribution < 1.29 is 24.2 Å². The first kappa shape index (κ1) is 14.0. The summed E-state index contributed by atoms with van der Waals surface area (Å²) in [5, 5.41) is 8.99. The second kappa shape index (κ2) is 6.18. The van der Waals surface area contributed by atoms with Gasteiger partial charge in [-0.05, 0) is 25.0 Å². The first-order valence-electron chi connectivity index (χ1n) is 6.34. The van der Waals surface area contributed by atoms with Crippen molar-refractivity contribution in [3.05, 3.63) is 35.9 Å². The minimum Gasteiger partial charge on any atom is -0.480 e. The summed E-state index contributed by atoms with van der Waals surface area (Å²) in [5.74, 6) is -2.09. The van der Waals surface area contributed by atoms with Crippen LogP contribution >= 0.6 is 0 Å². The van der Waals surface area contributed by atoms with Crippen LogP contribution in [0.15, 0.2) is 30.3 Å². The molecule has 1 atom stereocenters. The van der Waals surface area contributed by atoms with Crippen LogP contribution in [-0.2, 0) is 14.3 Å². The van der Waals surface area contributed by atoms with Gasteiger partial charge >= 0.3 is 11.9 Å². The number of esters is 1. The summed E-state index contributed by atoms with van der Waals surface area (Å²) in [6, 6.07) is 7.52. The van der Waals surface area contributed by atoms with Gasteiger partial charge < -0.3 is 14.7 Å². The molecular weight excluding hydrogens is 262 g/mol. The Kier molecular flexibility index (Phi) is 4.34. The van der Waals surface area contributed by atoms with Crippen molar-refractivity contribution >= 4 is 17.8 Å². The maximum atomic E-state index is 11.9. The van der Waals surface area contributed by atoms with Gasteiger partial charge in [0.2, 0.25) is 0 Å². The van der Waals surface area contributed by atoms with E-state index in [0.29, 0.717) is 24.9 Å². The minimum atomic E-state index is -1.02. The summed E-state index contributed by atoms with van der Waals surface area (Å²) < 4.78 is 4.91. The molecule has 1 aliphatic heterocycles. The average molecular weight is 277 g/mol. The number of carboxylic acid groups (broad SMARTS) is 1. The number of rotatable bonds is 4. The molecule has 0 bridgehead atoms. The van der Waals surface area contributed by atoms with Crippen molar-refractivity contribution in [3.63, 3.8) is 0 Å². The highest BCUT2D eigenvalue weighted by molar-refractivity contribution is 5.92. The molecule has 1 aromatic rings. The standard InChI is InChI=1S/C14H15NO5/c16-12(15-8-4-7-11(15)13(17)18)9-20-14(19)10-5-2-1-3-6-10/h1-3,5-6,11H,4,7-9H2,(H,17,18). The summed E-state index contributed by atoms with van der Waals surface area (Å²) >= 11 is 0. The predicted octanol–water partition coefficient (Wildman–Crippen LogP) is 0.919. The lowest BCUT2D eigenvalue weighted by Crippen LogP contribution is -2.42. The van der Waals surface area contributed by atoms with Gasteiger partial charge in [0.25, 0.3) is 5.91 Å². The molecule has 0 radical (unpaired) electrons. The van der Waals surface area contributed by atoms with E-state index in [9.17, 15) is 14.4 Å². The number of carbonyl (C=O) groups excluding carboxylic acids is 2.